The summed E-state index contributed by atoms with van der Waals surface area (Å²) in [6.45, 7) is 2.01. The van der Waals surface area contributed by atoms with Crippen molar-refractivity contribution in [2.75, 3.05) is 14.2 Å². The standard InChI is InChI=1S/C12H18O3/c1-9(10-7-5-4-6-8-10)11(14-2)12(13)15-3/h4-9,11-13H,1-3H3/t9-,11+,12?/m0/s1. The summed E-state index contributed by atoms with van der Waals surface area (Å²) in [5.41, 5.74) is 1.13. The van der Waals surface area contributed by atoms with E-state index in [-0.39, 0.29) is 12.0 Å². The number of methoxy groups -OCH3 is 2. The van der Waals surface area contributed by atoms with Crippen LogP contribution < -0.4 is 0 Å². The molecule has 0 bridgehead atoms. The van der Waals surface area contributed by atoms with Crippen LogP contribution in [-0.2, 0) is 9.47 Å². The first-order valence-electron chi connectivity index (χ1n) is 4.99. The molecule has 0 amide bonds. The van der Waals surface area contributed by atoms with Crippen LogP contribution in [0, 0.1) is 0 Å². The first-order valence-corrected chi connectivity index (χ1v) is 4.99. The van der Waals surface area contributed by atoms with Gasteiger partial charge in [0.2, 0.25) is 0 Å². The second-order valence-electron chi connectivity index (χ2n) is 3.53. The van der Waals surface area contributed by atoms with E-state index in [0.717, 1.165) is 5.56 Å². The van der Waals surface area contributed by atoms with Crippen molar-refractivity contribution in [1.29, 1.82) is 0 Å². The fraction of sp³-hybridized carbons (Fsp3) is 0.500. The molecule has 0 fully saturated rings. The van der Waals surface area contributed by atoms with Gasteiger partial charge in [-0.15, -0.1) is 0 Å². The Kier molecular flexibility index (Phi) is 4.75. The summed E-state index contributed by atoms with van der Waals surface area (Å²) in [5.74, 6) is 0.0890. The van der Waals surface area contributed by atoms with Crippen LogP contribution in [-0.4, -0.2) is 31.7 Å². The highest BCUT2D eigenvalue weighted by Gasteiger charge is 2.25. The molecule has 1 aromatic carbocycles. The number of aliphatic hydroxyl groups is 1. The van der Waals surface area contributed by atoms with Crippen molar-refractivity contribution in [1.82, 2.24) is 0 Å². The van der Waals surface area contributed by atoms with Crippen molar-refractivity contribution in [2.24, 2.45) is 0 Å². The summed E-state index contributed by atoms with van der Waals surface area (Å²) in [6.07, 6.45) is -1.25. The van der Waals surface area contributed by atoms with Crippen molar-refractivity contribution in [2.45, 2.75) is 25.2 Å². The predicted molar refractivity (Wildman–Crippen MR) is 58.7 cm³/mol. The molecule has 1 aromatic rings. The van der Waals surface area contributed by atoms with Crippen LogP contribution in [0.3, 0.4) is 0 Å². The third-order valence-electron chi connectivity index (χ3n) is 2.61. The summed E-state index contributed by atoms with van der Waals surface area (Å²) >= 11 is 0. The number of hydrogen-bond acceptors (Lipinski definition) is 3. The summed E-state index contributed by atoms with van der Waals surface area (Å²) < 4.78 is 10.1. The fourth-order valence-electron chi connectivity index (χ4n) is 1.65. The van der Waals surface area contributed by atoms with Crippen LogP contribution in [0.4, 0.5) is 0 Å². The molecule has 1 unspecified atom stereocenters. The molecule has 1 N–H and O–H groups in total. The quantitative estimate of drug-likeness (QED) is 0.753. The van der Waals surface area contributed by atoms with E-state index in [2.05, 4.69) is 0 Å². The van der Waals surface area contributed by atoms with E-state index in [4.69, 9.17) is 9.47 Å². The Bertz CT molecular complexity index is 273. The maximum Gasteiger partial charge on any atom is 0.181 e. The third kappa shape index (κ3) is 3.02. The molecule has 0 aromatic heterocycles. The van der Waals surface area contributed by atoms with Crippen molar-refractivity contribution >= 4 is 0 Å². The Morgan fingerprint density at radius 1 is 1.07 bits per heavy atom. The van der Waals surface area contributed by atoms with Crippen LogP contribution in [0.15, 0.2) is 30.3 Å². The van der Waals surface area contributed by atoms with Gasteiger partial charge in [0.1, 0.15) is 6.10 Å². The number of benzene rings is 1. The van der Waals surface area contributed by atoms with E-state index in [1.54, 1.807) is 7.11 Å². The van der Waals surface area contributed by atoms with Crippen molar-refractivity contribution < 1.29 is 14.6 Å². The molecule has 3 atom stereocenters. The Labute approximate surface area is 90.6 Å². The average Bonchev–Trinajstić information content (AvgIpc) is 2.30. The Morgan fingerprint density at radius 3 is 2.13 bits per heavy atom. The smallest absolute Gasteiger partial charge is 0.181 e. The highest BCUT2D eigenvalue weighted by Crippen LogP contribution is 2.23. The zero-order valence-corrected chi connectivity index (χ0v) is 9.38. The first-order chi connectivity index (χ1) is 7.20. The lowest BCUT2D eigenvalue weighted by Gasteiger charge is -2.26. The maximum absolute atomic E-state index is 9.60. The summed E-state index contributed by atoms with van der Waals surface area (Å²) in [4.78, 5) is 0. The van der Waals surface area contributed by atoms with Crippen molar-refractivity contribution in [3.05, 3.63) is 35.9 Å². The Morgan fingerprint density at radius 2 is 1.67 bits per heavy atom. The number of ether oxygens (including phenoxy) is 2. The molecule has 0 saturated heterocycles. The van der Waals surface area contributed by atoms with E-state index >= 15 is 0 Å². The molecule has 0 aliphatic carbocycles. The van der Waals surface area contributed by atoms with Gasteiger partial charge in [0.25, 0.3) is 0 Å². The highest BCUT2D eigenvalue weighted by atomic mass is 16.6. The average molecular weight is 210 g/mol. The Hall–Kier alpha value is -0.900. The van der Waals surface area contributed by atoms with Crippen LogP contribution in [0.5, 0.6) is 0 Å². The first kappa shape index (κ1) is 12.2. The second-order valence-corrected chi connectivity index (χ2v) is 3.53. The van der Waals surface area contributed by atoms with Gasteiger partial charge in [-0.05, 0) is 5.56 Å². The van der Waals surface area contributed by atoms with E-state index in [1.165, 1.54) is 7.11 Å². The monoisotopic (exact) mass is 210 g/mol. The molecule has 3 heteroatoms. The molecule has 1 rings (SSSR count). The number of hydrogen-bond donors (Lipinski definition) is 1. The van der Waals surface area contributed by atoms with E-state index < -0.39 is 6.29 Å². The Balaban J connectivity index is 2.77. The van der Waals surface area contributed by atoms with Crippen molar-refractivity contribution in [3.8, 4) is 0 Å². The van der Waals surface area contributed by atoms with Gasteiger partial charge in [0, 0.05) is 20.1 Å². The predicted octanol–water partition coefficient (Wildman–Crippen LogP) is 1.77. The normalized spacial score (nSPS) is 17.1. The highest BCUT2D eigenvalue weighted by molar-refractivity contribution is 5.20. The maximum atomic E-state index is 9.60. The molecule has 15 heavy (non-hydrogen) atoms. The summed E-state index contributed by atoms with van der Waals surface area (Å²) in [6, 6.07) is 9.93. The zero-order valence-electron chi connectivity index (χ0n) is 9.38. The van der Waals surface area contributed by atoms with E-state index in [1.807, 2.05) is 37.3 Å². The van der Waals surface area contributed by atoms with Gasteiger partial charge < -0.3 is 14.6 Å². The zero-order chi connectivity index (χ0) is 11.3. The van der Waals surface area contributed by atoms with E-state index in [9.17, 15) is 5.11 Å². The lowest BCUT2D eigenvalue weighted by Crippen LogP contribution is -2.34. The lowest BCUT2D eigenvalue weighted by atomic mass is 9.95. The van der Waals surface area contributed by atoms with Gasteiger partial charge >= 0.3 is 0 Å². The third-order valence-corrected chi connectivity index (χ3v) is 2.61. The van der Waals surface area contributed by atoms with Gasteiger partial charge in [-0.25, -0.2) is 0 Å². The van der Waals surface area contributed by atoms with Crippen LogP contribution in [0.2, 0.25) is 0 Å². The number of rotatable bonds is 5. The minimum atomic E-state index is -0.898. The van der Waals surface area contributed by atoms with Gasteiger partial charge in [0.15, 0.2) is 6.29 Å². The lowest BCUT2D eigenvalue weighted by molar-refractivity contribution is -0.160. The molecular formula is C12H18O3. The molecule has 0 aliphatic rings. The van der Waals surface area contributed by atoms with E-state index in [0.29, 0.717) is 0 Å². The molecular weight excluding hydrogens is 192 g/mol. The topological polar surface area (TPSA) is 38.7 Å². The van der Waals surface area contributed by atoms with Crippen molar-refractivity contribution in [3.63, 3.8) is 0 Å². The van der Waals surface area contributed by atoms with Gasteiger partial charge in [-0.1, -0.05) is 37.3 Å². The largest absolute Gasteiger partial charge is 0.376 e. The minimum absolute atomic E-state index is 0.0890. The molecule has 0 spiro atoms. The van der Waals surface area contributed by atoms with Gasteiger partial charge in [-0.2, -0.15) is 0 Å². The van der Waals surface area contributed by atoms with Gasteiger partial charge in [-0.3, -0.25) is 0 Å². The molecule has 0 saturated carbocycles. The van der Waals surface area contributed by atoms with Gasteiger partial charge in [0.05, 0.1) is 0 Å². The molecule has 84 valence electrons. The SMILES string of the molecule is COC(O)[C@H](OC)[C@@H](C)c1ccccc1. The molecule has 0 radical (unpaired) electrons. The summed E-state index contributed by atoms with van der Waals surface area (Å²) in [7, 11) is 3.04. The van der Waals surface area contributed by atoms with Crippen LogP contribution in [0.25, 0.3) is 0 Å². The minimum Gasteiger partial charge on any atom is -0.376 e. The fourth-order valence-corrected chi connectivity index (χ4v) is 1.65. The number of aliphatic hydroxyl groups excluding tert-OH is 1. The molecule has 0 aliphatic heterocycles. The molecule has 3 nitrogen and oxygen atoms in total. The van der Waals surface area contributed by atoms with Crippen LogP contribution in [0.1, 0.15) is 18.4 Å². The second kappa shape index (κ2) is 5.85. The summed E-state index contributed by atoms with van der Waals surface area (Å²) in [5, 5.41) is 9.60. The molecule has 0 heterocycles. The van der Waals surface area contributed by atoms with Crippen LogP contribution >= 0.6 is 0 Å².